The highest BCUT2D eigenvalue weighted by molar-refractivity contribution is 9.10. The molecule has 1 aromatic heterocycles. The predicted octanol–water partition coefficient (Wildman–Crippen LogP) is 3.56. The number of hydrogen-bond donors (Lipinski definition) is 2. The maximum atomic E-state index is 4.36. The largest absolute Gasteiger partial charge is 0.366 e. The Morgan fingerprint density at radius 2 is 2.18 bits per heavy atom. The lowest BCUT2D eigenvalue weighted by Gasteiger charge is -2.07. The van der Waals surface area contributed by atoms with Crippen LogP contribution in [0, 0.1) is 0 Å². The van der Waals surface area contributed by atoms with E-state index >= 15 is 0 Å². The van der Waals surface area contributed by atoms with Gasteiger partial charge in [-0.05, 0) is 25.5 Å². The molecule has 0 amide bonds. The van der Waals surface area contributed by atoms with Gasteiger partial charge in [0.15, 0.2) is 5.82 Å². The lowest BCUT2D eigenvalue weighted by atomic mass is 10.1. The summed E-state index contributed by atoms with van der Waals surface area (Å²) in [5.74, 6) is 0.984. The van der Waals surface area contributed by atoms with E-state index in [9.17, 15) is 0 Å². The summed E-state index contributed by atoms with van der Waals surface area (Å²) in [6.07, 6.45) is 0.942. The molecule has 1 heterocycles. The van der Waals surface area contributed by atoms with Crippen molar-refractivity contribution in [1.82, 2.24) is 10.2 Å². The van der Waals surface area contributed by atoms with Crippen LogP contribution in [0.25, 0.3) is 11.3 Å². The van der Waals surface area contributed by atoms with Gasteiger partial charge < -0.3 is 5.32 Å². The van der Waals surface area contributed by atoms with Gasteiger partial charge in [-0.3, -0.25) is 5.10 Å². The van der Waals surface area contributed by atoms with Crippen molar-refractivity contribution in [3.05, 3.63) is 33.8 Å². The zero-order chi connectivity index (χ0) is 12.0. The molecule has 0 unspecified atom stereocenters. The minimum atomic E-state index is 0.398. The van der Waals surface area contributed by atoms with E-state index in [4.69, 9.17) is 0 Å². The summed E-state index contributed by atoms with van der Waals surface area (Å²) in [4.78, 5) is 0. The summed E-state index contributed by atoms with van der Waals surface area (Å²) in [6.45, 7) is 4.25. The number of rotatable bonds is 2. The van der Waals surface area contributed by atoms with Crippen molar-refractivity contribution in [3.8, 4) is 11.3 Å². The van der Waals surface area contributed by atoms with Crippen LogP contribution in [-0.2, 0) is 6.42 Å². The minimum Gasteiger partial charge on any atom is -0.366 e. The molecule has 0 aliphatic heterocycles. The predicted molar refractivity (Wildman–Crippen MR) is 73.3 cm³/mol. The average Bonchev–Trinajstić information content (AvgIpc) is 2.80. The summed E-state index contributed by atoms with van der Waals surface area (Å²) < 4.78 is 1.18. The van der Waals surface area contributed by atoms with Crippen LogP contribution in [-0.4, -0.2) is 16.2 Å². The second-order valence-electron chi connectivity index (χ2n) is 4.67. The summed E-state index contributed by atoms with van der Waals surface area (Å²) in [6, 6.07) is 6.69. The quantitative estimate of drug-likeness (QED) is 0.758. The van der Waals surface area contributed by atoms with E-state index < -0.39 is 0 Å². The molecule has 0 fully saturated rings. The van der Waals surface area contributed by atoms with E-state index in [0.717, 1.165) is 17.9 Å². The van der Waals surface area contributed by atoms with E-state index in [1.807, 2.05) is 0 Å². The molecule has 17 heavy (non-hydrogen) atoms. The molecule has 0 radical (unpaired) electrons. The topological polar surface area (TPSA) is 40.7 Å². The number of H-pyrrole nitrogens is 1. The Morgan fingerprint density at radius 1 is 1.35 bits per heavy atom. The first-order valence-corrected chi connectivity index (χ1v) is 6.57. The third-order valence-electron chi connectivity index (χ3n) is 3.03. The second-order valence-corrected chi connectivity index (χ2v) is 5.52. The molecule has 0 bridgehead atoms. The second kappa shape index (κ2) is 3.88. The first-order valence-electron chi connectivity index (χ1n) is 5.78. The molecule has 1 aliphatic carbocycles. The van der Waals surface area contributed by atoms with Gasteiger partial charge in [0.05, 0.1) is 5.69 Å². The van der Waals surface area contributed by atoms with Gasteiger partial charge in [0.1, 0.15) is 0 Å². The van der Waals surface area contributed by atoms with Gasteiger partial charge in [-0.1, -0.05) is 28.1 Å². The van der Waals surface area contributed by atoms with Gasteiger partial charge in [0.25, 0.3) is 0 Å². The van der Waals surface area contributed by atoms with Crippen molar-refractivity contribution in [2.24, 2.45) is 0 Å². The molecule has 1 aliphatic rings. The molecule has 4 heteroatoms. The van der Waals surface area contributed by atoms with Crippen LogP contribution in [0.5, 0.6) is 0 Å². The van der Waals surface area contributed by atoms with Crippen LogP contribution < -0.4 is 5.32 Å². The smallest absolute Gasteiger partial charge is 0.152 e. The standard InChI is InChI=1S/C13H14BrN3/c1-7(2)15-13-10-6-9-8(12(10)16-17-13)4-3-5-11(9)14/h3-5,7H,6H2,1-2H3,(H2,15,16,17). The first kappa shape index (κ1) is 10.8. The van der Waals surface area contributed by atoms with Gasteiger partial charge in [0.2, 0.25) is 0 Å². The molecule has 0 atom stereocenters. The zero-order valence-corrected chi connectivity index (χ0v) is 11.4. The molecule has 2 aromatic rings. The van der Waals surface area contributed by atoms with Gasteiger partial charge >= 0.3 is 0 Å². The molecule has 2 N–H and O–H groups in total. The SMILES string of the molecule is CC(C)Nc1n[nH]c2c1Cc1c(Br)cccc1-2. The number of anilines is 1. The third-order valence-corrected chi connectivity index (χ3v) is 3.78. The van der Waals surface area contributed by atoms with Crippen molar-refractivity contribution in [3.63, 3.8) is 0 Å². The lowest BCUT2D eigenvalue weighted by Crippen LogP contribution is -2.11. The van der Waals surface area contributed by atoms with E-state index in [1.165, 1.54) is 21.2 Å². The Hall–Kier alpha value is -1.29. The molecule has 88 valence electrons. The van der Waals surface area contributed by atoms with E-state index in [0.29, 0.717) is 6.04 Å². The Morgan fingerprint density at radius 3 is 2.94 bits per heavy atom. The van der Waals surface area contributed by atoms with Crippen LogP contribution in [0.4, 0.5) is 5.82 Å². The first-order chi connectivity index (χ1) is 8.16. The van der Waals surface area contributed by atoms with E-state index in [-0.39, 0.29) is 0 Å². The molecule has 0 spiro atoms. The van der Waals surface area contributed by atoms with E-state index in [1.54, 1.807) is 0 Å². The fourth-order valence-corrected chi connectivity index (χ4v) is 2.81. The average molecular weight is 292 g/mol. The number of aromatic amines is 1. The number of aromatic nitrogens is 2. The number of hydrogen-bond acceptors (Lipinski definition) is 2. The fourth-order valence-electron chi connectivity index (χ4n) is 2.30. The van der Waals surface area contributed by atoms with Crippen molar-refractivity contribution < 1.29 is 0 Å². The number of nitrogens with one attached hydrogen (secondary N) is 2. The normalized spacial score (nSPS) is 12.7. The molecule has 3 rings (SSSR count). The number of nitrogens with zero attached hydrogens (tertiary/aromatic N) is 1. The Balaban J connectivity index is 2.08. The van der Waals surface area contributed by atoms with Gasteiger partial charge in [-0.2, -0.15) is 5.10 Å². The van der Waals surface area contributed by atoms with Gasteiger partial charge in [-0.25, -0.2) is 0 Å². The molecule has 3 nitrogen and oxygen atoms in total. The molecule has 0 saturated carbocycles. The highest BCUT2D eigenvalue weighted by atomic mass is 79.9. The zero-order valence-electron chi connectivity index (χ0n) is 9.84. The maximum absolute atomic E-state index is 4.36. The lowest BCUT2D eigenvalue weighted by molar-refractivity contribution is 0.880. The third kappa shape index (κ3) is 1.67. The van der Waals surface area contributed by atoms with Gasteiger partial charge in [-0.15, -0.1) is 0 Å². The Kier molecular flexibility index (Phi) is 2.47. The summed E-state index contributed by atoms with van der Waals surface area (Å²) >= 11 is 3.61. The van der Waals surface area contributed by atoms with E-state index in [2.05, 4.69) is 63.5 Å². The fraction of sp³-hybridized carbons (Fsp3) is 0.308. The van der Waals surface area contributed by atoms with Gasteiger partial charge in [0, 0.05) is 28.1 Å². The number of benzene rings is 1. The summed E-state index contributed by atoms with van der Waals surface area (Å²) in [5.41, 5.74) is 5.05. The summed E-state index contributed by atoms with van der Waals surface area (Å²) in [5, 5.41) is 10.9. The minimum absolute atomic E-state index is 0.398. The molecular weight excluding hydrogens is 278 g/mol. The maximum Gasteiger partial charge on any atom is 0.152 e. The Bertz CT molecular complexity index is 572. The van der Waals surface area contributed by atoms with Crippen LogP contribution in [0.15, 0.2) is 22.7 Å². The molecule has 0 saturated heterocycles. The summed E-state index contributed by atoms with van der Waals surface area (Å²) in [7, 11) is 0. The Labute approximate surface area is 109 Å². The van der Waals surface area contributed by atoms with Crippen molar-refractivity contribution in [2.45, 2.75) is 26.3 Å². The number of fused-ring (bicyclic) bond motifs is 3. The van der Waals surface area contributed by atoms with Crippen LogP contribution >= 0.6 is 15.9 Å². The molecule has 1 aromatic carbocycles. The van der Waals surface area contributed by atoms with Crippen molar-refractivity contribution >= 4 is 21.7 Å². The number of halogens is 1. The highest BCUT2D eigenvalue weighted by Crippen LogP contribution is 2.41. The molecular formula is C13H14BrN3. The highest BCUT2D eigenvalue weighted by Gasteiger charge is 2.25. The van der Waals surface area contributed by atoms with Crippen molar-refractivity contribution in [2.75, 3.05) is 5.32 Å². The van der Waals surface area contributed by atoms with Crippen LogP contribution in [0.3, 0.4) is 0 Å². The monoisotopic (exact) mass is 291 g/mol. The van der Waals surface area contributed by atoms with Crippen LogP contribution in [0.2, 0.25) is 0 Å². The van der Waals surface area contributed by atoms with Crippen LogP contribution in [0.1, 0.15) is 25.0 Å². The van der Waals surface area contributed by atoms with Crippen molar-refractivity contribution in [1.29, 1.82) is 0 Å².